The van der Waals surface area contributed by atoms with Crippen LogP contribution in [-0.2, 0) is 10.0 Å². The van der Waals surface area contributed by atoms with Crippen LogP contribution in [0.15, 0.2) is 23.1 Å². The summed E-state index contributed by atoms with van der Waals surface area (Å²) in [6.45, 7) is 0.296. The van der Waals surface area contributed by atoms with Gasteiger partial charge in [-0.15, -0.1) is 0 Å². The van der Waals surface area contributed by atoms with Gasteiger partial charge in [0, 0.05) is 6.54 Å². The Morgan fingerprint density at radius 3 is 2.80 bits per heavy atom. The SMILES string of the molecule is Nc1cccc(Cl)c1S(=O)(=O)NCC1CCCC(O)C1. The highest BCUT2D eigenvalue weighted by atomic mass is 35.5. The predicted molar refractivity (Wildman–Crippen MR) is 79.0 cm³/mol. The van der Waals surface area contributed by atoms with Crippen molar-refractivity contribution < 1.29 is 13.5 Å². The molecule has 1 aromatic carbocycles. The van der Waals surface area contributed by atoms with Gasteiger partial charge in [-0.05, 0) is 37.3 Å². The van der Waals surface area contributed by atoms with E-state index in [1.54, 1.807) is 6.07 Å². The molecule has 0 aromatic heterocycles. The maximum absolute atomic E-state index is 12.3. The lowest BCUT2D eigenvalue weighted by Gasteiger charge is -2.26. The molecule has 1 aromatic rings. The number of nitrogens with one attached hydrogen (secondary N) is 1. The Kier molecular flexibility index (Phi) is 4.90. The van der Waals surface area contributed by atoms with Crippen LogP contribution in [0.25, 0.3) is 0 Å². The average molecular weight is 319 g/mol. The zero-order valence-electron chi connectivity index (χ0n) is 11.0. The van der Waals surface area contributed by atoms with Gasteiger partial charge in [0.1, 0.15) is 4.90 Å². The van der Waals surface area contributed by atoms with Crippen LogP contribution in [0.1, 0.15) is 25.7 Å². The minimum absolute atomic E-state index is 0.0713. The number of hydrogen-bond donors (Lipinski definition) is 3. The van der Waals surface area contributed by atoms with Crippen molar-refractivity contribution in [2.45, 2.75) is 36.7 Å². The Balaban J connectivity index is 2.08. The zero-order valence-corrected chi connectivity index (χ0v) is 12.6. The molecular weight excluding hydrogens is 300 g/mol. The van der Waals surface area contributed by atoms with Crippen molar-refractivity contribution in [3.63, 3.8) is 0 Å². The summed E-state index contributed by atoms with van der Waals surface area (Å²) in [7, 11) is -3.73. The zero-order chi connectivity index (χ0) is 14.8. The number of aliphatic hydroxyl groups is 1. The van der Waals surface area contributed by atoms with Crippen LogP contribution >= 0.6 is 11.6 Å². The standard InChI is InChI=1S/C13H19ClN2O3S/c14-11-5-2-6-12(15)13(11)20(18,19)16-8-9-3-1-4-10(17)7-9/h2,5-6,9-10,16-17H,1,3-4,7-8,15H2. The van der Waals surface area contributed by atoms with Crippen LogP contribution in [0.3, 0.4) is 0 Å². The highest BCUT2D eigenvalue weighted by molar-refractivity contribution is 7.89. The highest BCUT2D eigenvalue weighted by Gasteiger charge is 2.25. The number of nitrogen functional groups attached to an aromatic ring is 1. The monoisotopic (exact) mass is 318 g/mol. The lowest BCUT2D eigenvalue weighted by molar-refractivity contribution is 0.102. The van der Waals surface area contributed by atoms with Gasteiger partial charge >= 0.3 is 0 Å². The fourth-order valence-electron chi connectivity index (χ4n) is 2.56. The molecule has 1 aliphatic rings. The largest absolute Gasteiger partial charge is 0.398 e. The fraction of sp³-hybridized carbons (Fsp3) is 0.538. The summed E-state index contributed by atoms with van der Waals surface area (Å²) in [6.07, 6.45) is 2.92. The first-order valence-corrected chi connectivity index (χ1v) is 8.48. The summed E-state index contributed by atoms with van der Waals surface area (Å²) in [4.78, 5) is -0.0713. The lowest BCUT2D eigenvalue weighted by Crippen LogP contribution is -2.33. The number of halogens is 1. The number of aliphatic hydroxyl groups excluding tert-OH is 1. The van der Waals surface area contributed by atoms with Gasteiger partial charge in [0.2, 0.25) is 10.0 Å². The van der Waals surface area contributed by atoms with E-state index in [9.17, 15) is 13.5 Å². The smallest absolute Gasteiger partial charge is 0.244 e. The second-order valence-corrected chi connectivity index (χ2v) is 7.31. The van der Waals surface area contributed by atoms with Crippen molar-refractivity contribution in [3.8, 4) is 0 Å². The van der Waals surface area contributed by atoms with E-state index < -0.39 is 10.0 Å². The van der Waals surface area contributed by atoms with Crippen LogP contribution in [0.4, 0.5) is 5.69 Å². The van der Waals surface area contributed by atoms with Crippen molar-refractivity contribution in [2.75, 3.05) is 12.3 Å². The van der Waals surface area contributed by atoms with Crippen molar-refractivity contribution in [3.05, 3.63) is 23.2 Å². The molecular formula is C13H19ClN2O3S. The van der Waals surface area contributed by atoms with E-state index in [-0.39, 0.29) is 27.6 Å². The topological polar surface area (TPSA) is 92.4 Å². The molecule has 20 heavy (non-hydrogen) atoms. The maximum Gasteiger partial charge on any atom is 0.244 e. The number of hydrogen-bond acceptors (Lipinski definition) is 4. The minimum atomic E-state index is -3.73. The van der Waals surface area contributed by atoms with Gasteiger partial charge in [-0.25, -0.2) is 13.1 Å². The molecule has 4 N–H and O–H groups in total. The van der Waals surface area contributed by atoms with Crippen molar-refractivity contribution in [2.24, 2.45) is 5.92 Å². The van der Waals surface area contributed by atoms with Crippen LogP contribution in [0.2, 0.25) is 5.02 Å². The summed E-state index contributed by atoms with van der Waals surface area (Å²) in [5, 5.41) is 9.71. The number of sulfonamides is 1. The molecule has 0 radical (unpaired) electrons. The second kappa shape index (κ2) is 6.30. The third-order valence-corrected chi connectivity index (χ3v) is 5.55. The van der Waals surface area contributed by atoms with E-state index in [4.69, 9.17) is 17.3 Å². The normalized spacial score (nSPS) is 23.7. The summed E-state index contributed by atoms with van der Waals surface area (Å²) in [6, 6.07) is 4.61. The Hall–Kier alpha value is -0.820. The fourth-order valence-corrected chi connectivity index (χ4v) is 4.35. The third kappa shape index (κ3) is 3.63. The molecule has 0 spiro atoms. The number of benzene rings is 1. The molecule has 0 saturated heterocycles. The van der Waals surface area contributed by atoms with E-state index >= 15 is 0 Å². The van der Waals surface area contributed by atoms with Gasteiger partial charge in [0.25, 0.3) is 0 Å². The first-order valence-electron chi connectivity index (χ1n) is 6.62. The van der Waals surface area contributed by atoms with Crippen molar-refractivity contribution in [1.29, 1.82) is 0 Å². The molecule has 0 aliphatic heterocycles. The summed E-state index contributed by atoms with van der Waals surface area (Å²) in [5.41, 5.74) is 5.83. The van der Waals surface area contributed by atoms with Gasteiger partial charge in [-0.3, -0.25) is 0 Å². The van der Waals surface area contributed by atoms with Crippen LogP contribution in [0.5, 0.6) is 0 Å². The van der Waals surface area contributed by atoms with Gasteiger partial charge < -0.3 is 10.8 Å². The number of nitrogens with two attached hydrogens (primary N) is 1. The van der Waals surface area contributed by atoms with E-state index in [1.807, 2.05) is 0 Å². The van der Waals surface area contributed by atoms with E-state index in [1.165, 1.54) is 12.1 Å². The predicted octanol–water partition coefficient (Wildman–Crippen LogP) is 1.75. The first kappa shape index (κ1) is 15.6. The quantitative estimate of drug-likeness (QED) is 0.737. The minimum Gasteiger partial charge on any atom is -0.398 e. The molecule has 2 unspecified atom stereocenters. The molecule has 0 amide bonds. The maximum atomic E-state index is 12.3. The van der Waals surface area contributed by atoms with E-state index in [0.29, 0.717) is 13.0 Å². The highest BCUT2D eigenvalue weighted by Crippen LogP contribution is 2.28. The molecule has 112 valence electrons. The third-order valence-electron chi connectivity index (χ3n) is 3.58. The van der Waals surface area contributed by atoms with Crippen molar-refractivity contribution in [1.82, 2.24) is 4.72 Å². The van der Waals surface area contributed by atoms with Gasteiger partial charge in [-0.1, -0.05) is 24.1 Å². The number of anilines is 1. The molecule has 7 heteroatoms. The summed E-state index contributed by atoms with van der Waals surface area (Å²) < 4.78 is 27.1. The van der Waals surface area contributed by atoms with Crippen LogP contribution < -0.4 is 10.5 Å². The van der Waals surface area contributed by atoms with E-state index in [0.717, 1.165) is 19.3 Å². The molecule has 0 bridgehead atoms. The molecule has 1 aliphatic carbocycles. The molecule has 2 rings (SSSR count). The lowest BCUT2D eigenvalue weighted by atomic mass is 9.87. The van der Waals surface area contributed by atoms with Gasteiger partial charge in [0.15, 0.2) is 0 Å². The van der Waals surface area contributed by atoms with Crippen LogP contribution in [0, 0.1) is 5.92 Å². The first-order chi connectivity index (χ1) is 9.40. The molecule has 5 nitrogen and oxygen atoms in total. The Labute approximate surface area is 124 Å². The van der Waals surface area contributed by atoms with Crippen molar-refractivity contribution >= 4 is 27.3 Å². The van der Waals surface area contributed by atoms with Gasteiger partial charge in [0.05, 0.1) is 16.8 Å². The number of rotatable bonds is 4. The molecule has 0 heterocycles. The summed E-state index contributed by atoms with van der Waals surface area (Å²) >= 11 is 5.92. The Bertz CT molecular complexity index is 557. The molecule has 2 atom stereocenters. The Morgan fingerprint density at radius 1 is 1.40 bits per heavy atom. The molecule has 1 saturated carbocycles. The van der Waals surface area contributed by atoms with Crippen LogP contribution in [-0.4, -0.2) is 26.2 Å². The summed E-state index contributed by atoms with van der Waals surface area (Å²) in [5.74, 6) is 0.150. The van der Waals surface area contributed by atoms with Gasteiger partial charge in [-0.2, -0.15) is 0 Å². The second-order valence-electron chi connectivity index (χ2n) is 5.20. The Morgan fingerprint density at radius 2 is 2.15 bits per heavy atom. The van der Waals surface area contributed by atoms with E-state index in [2.05, 4.69) is 4.72 Å². The molecule has 1 fully saturated rings. The average Bonchev–Trinajstić information content (AvgIpc) is 2.36.